The second-order valence-corrected chi connectivity index (χ2v) is 4.96. The summed E-state index contributed by atoms with van der Waals surface area (Å²) in [5.74, 6) is -0.899. The molecule has 0 radical (unpaired) electrons. The molecule has 1 saturated carbocycles. The van der Waals surface area contributed by atoms with Crippen molar-refractivity contribution >= 4 is 5.97 Å². The maximum atomic E-state index is 11.0. The van der Waals surface area contributed by atoms with E-state index in [-0.39, 0.29) is 6.10 Å². The zero-order chi connectivity index (χ0) is 15.0. The van der Waals surface area contributed by atoms with Crippen molar-refractivity contribution < 1.29 is 14.6 Å². The van der Waals surface area contributed by atoms with Gasteiger partial charge in [-0.25, -0.2) is 0 Å². The van der Waals surface area contributed by atoms with Gasteiger partial charge in [0.1, 0.15) is 5.54 Å². The van der Waals surface area contributed by atoms with Gasteiger partial charge >= 0.3 is 5.97 Å². The van der Waals surface area contributed by atoms with Gasteiger partial charge in [0.15, 0.2) is 0 Å². The lowest BCUT2D eigenvalue weighted by atomic mass is 9.81. The quantitative estimate of drug-likeness (QED) is 0.888. The second kappa shape index (κ2) is 8.02. The standard InChI is InChI=1S/C14H19NO3.C2H6/c15-14(13(16)17)8-6-12(7-9-14)18-10-11-4-2-1-3-5-11;1-2/h1-5,12H,6-10,15H2,(H,16,17);1-2H3. The highest BCUT2D eigenvalue weighted by atomic mass is 16.5. The van der Waals surface area contributed by atoms with E-state index in [4.69, 9.17) is 15.6 Å². The summed E-state index contributed by atoms with van der Waals surface area (Å²) in [5.41, 5.74) is 5.91. The maximum absolute atomic E-state index is 11.0. The monoisotopic (exact) mass is 279 g/mol. The summed E-state index contributed by atoms with van der Waals surface area (Å²) in [6.45, 7) is 4.58. The number of ether oxygens (including phenoxy) is 1. The Morgan fingerprint density at radius 3 is 2.35 bits per heavy atom. The van der Waals surface area contributed by atoms with Crippen LogP contribution < -0.4 is 5.73 Å². The predicted molar refractivity (Wildman–Crippen MR) is 79.4 cm³/mol. The Morgan fingerprint density at radius 2 is 1.85 bits per heavy atom. The molecule has 20 heavy (non-hydrogen) atoms. The van der Waals surface area contributed by atoms with Crippen LogP contribution in [0.1, 0.15) is 45.1 Å². The van der Waals surface area contributed by atoms with E-state index in [2.05, 4.69) is 0 Å². The third-order valence-corrected chi connectivity index (χ3v) is 3.58. The van der Waals surface area contributed by atoms with Crippen molar-refractivity contribution in [3.63, 3.8) is 0 Å². The van der Waals surface area contributed by atoms with Crippen LogP contribution in [0.25, 0.3) is 0 Å². The van der Waals surface area contributed by atoms with Crippen LogP contribution in [0.5, 0.6) is 0 Å². The molecule has 0 bridgehead atoms. The first kappa shape index (κ1) is 16.7. The smallest absolute Gasteiger partial charge is 0.323 e. The number of rotatable bonds is 4. The Hall–Kier alpha value is -1.39. The fourth-order valence-corrected chi connectivity index (χ4v) is 2.28. The number of nitrogens with two attached hydrogens (primary N) is 1. The van der Waals surface area contributed by atoms with Crippen LogP contribution in [-0.4, -0.2) is 22.7 Å². The first-order valence-corrected chi connectivity index (χ1v) is 7.28. The van der Waals surface area contributed by atoms with Gasteiger partial charge in [-0.2, -0.15) is 0 Å². The molecule has 1 aliphatic rings. The normalized spacial score (nSPS) is 25.4. The van der Waals surface area contributed by atoms with Crippen molar-refractivity contribution in [2.45, 2.75) is 57.8 Å². The molecule has 1 fully saturated rings. The number of hydrogen-bond acceptors (Lipinski definition) is 3. The molecule has 2 rings (SSSR count). The highest BCUT2D eigenvalue weighted by Gasteiger charge is 2.38. The molecule has 1 aliphatic carbocycles. The molecule has 0 spiro atoms. The average Bonchev–Trinajstić information content (AvgIpc) is 2.50. The van der Waals surface area contributed by atoms with Crippen molar-refractivity contribution in [3.8, 4) is 0 Å². The summed E-state index contributed by atoms with van der Waals surface area (Å²) in [6, 6.07) is 9.98. The van der Waals surface area contributed by atoms with E-state index in [1.54, 1.807) is 0 Å². The third-order valence-electron chi connectivity index (χ3n) is 3.58. The first-order chi connectivity index (χ1) is 9.60. The fourth-order valence-electron chi connectivity index (χ4n) is 2.28. The molecule has 0 atom stereocenters. The third kappa shape index (κ3) is 4.62. The Morgan fingerprint density at radius 1 is 1.30 bits per heavy atom. The zero-order valence-corrected chi connectivity index (χ0v) is 12.3. The maximum Gasteiger partial charge on any atom is 0.323 e. The van der Waals surface area contributed by atoms with Crippen molar-refractivity contribution in [2.24, 2.45) is 5.73 Å². The number of benzene rings is 1. The van der Waals surface area contributed by atoms with Gasteiger partial charge in [0.2, 0.25) is 0 Å². The van der Waals surface area contributed by atoms with Crippen molar-refractivity contribution in [1.29, 1.82) is 0 Å². The Bertz CT molecular complexity index is 397. The molecule has 4 nitrogen and oxygen atoms in total. The topological polar surface area (TPSA) is 72.6 Å². The molecule has 0 heterocycles. The minimum absolute atomic E-state index is 0.126. The van der Waals surface area contributed by atoms with E-state index in [1.807, 2.05) is 44.2 Å². The molecule has 0 amide bonds. The van der Waals surface area contributed by atoms with Gasteiger partial charge in [0, 0.05) is 0 Å². The SMILES string of the molecule is CC.NC1(C(=O)O)CCC(OCc2ccccc2)CC1. The van der Waals surface area contributed by atoms with E-state index < -0.39 is 11.5 Å². The molecule has 1 aromatic carbocycles. The Labute approximate surface area is 120 Å². The lowest BCUT2D eigenvalue weighted by Gasteiger charge is -2.33. The van der Waals surface area contributed by atoms with Crippen LogP contribution in [0, 0.1) is 0 Å². The van der Waals surface area contributed by atoms with Gasteiger partial charge in [-0.15, -0.1) is 0 Å². The van der Waals surface area contributed by atoms with Crippen molar-refractivity contribution in [2.75, 3.05) is 0 Å². The number of carbonyl (C=O) groups is 1. The first-order valence-electron chi connectivity index (χ1n) is 7.28. The fraction of sp³-hybridized carbons (Fsp3) is 0.562. The van der Waals surface area contributed by atoms with E-state index in [9.17, 15) is 4.79 Å². The minimum Gasteiger partial charge on any atom is -0.480 e. The predicted octanol–water partition coefficient (Wildman–Crippen LogP) is 2.95. The van der Waals surface area contributed by atoms with Gasteiger partial charge in [-0.05, 0) is 31.2 Å². The largest absolute Gasteiger partial charge is 0.480 e. The number of aliphatic carboxylic acids is 1. The molecule has 0 unspecified atom stereocenters. The van der Waals surface area contributed by atoms with E-state index in [0.717, 1.165) is 18.4 Å². The van der Waals surface area contributed by atoms with Crippen LogP contribution >= 0.6 is 0 Å². The van der Waals surface area contributed by atoms with E-state index in [0.29, 0.717) is 19.4 Å². The Kier molecular flexibility index (Phi) is 6.68. The van der Waals surface area contributed by atoms with Crippen LogP contribution in [0.4, 0.5) is 0 Å². The highest BCUT2D eigenvalue weighted by Crippen LogP contribution is 2.28. The van der Waals surface area contributed by atoms with Gasteiger partial charge < -0.3 is 15.6 Å². The molecule has 0 saturated heterocycles. The van der Waals surface area contributed by atoms with E-state index in [1.165, 1.54) is 0 Å². The molecule has 0 aromatic heterocycles. The van der Waals surface area contributed by atoms with Gasteiger partial charge in [-0.3, -0.25) is 4.79 Å². The summed E-state index contributed by atoms with van der Waals surface area (Å²) in [4.78, 5) is 11.0. The lowest BCUT2D eigenvalue weighted by Crippen LogP contribution is -2.51. The minimum atomic E-state index is -1.05. The molecule has 3 N–H and O–H groups in total. The van der Waals surface area contributed by atoms with Gasteiger partial charge in [-0.1, -0.05) is 44.2 Å². The number of carboxylic acid groups (broad SMARTS) is 1. The lowest BCUT2D eigenvalue weighted by molar-refractivity contribution is -0.145. The van der Waals surface area contributed by atoms with E-state index >= 15 is 0 Å². The summed E-state index contributed by atoms with van der Waals surface area (Å²) in [7, 11) is 0. The summed E-state index contributed by atoms with van der Waals surface area (Å²) in [5, 5.41) is 9.03. The molecular formula is C16H25NO3. The van der Waals surface area contributed by atoms with Crippen LogP contribution in [-0.2, 0) is 16.1 Å². The number of carboxylic acids is 1. The van der Waals surface area contributed by atoms with Crippen LogP contribution in [0.2, 0.25) is 0 Å². The van der Waals surface area contributed by atoms with Crippen LogP contribution in [0.15, 0.2) is 30.3 Å². The van der Waals surface area contributed by atoms with Gasteiger partial charge in [0.25, 0.3) is 0 Å². The summed E-state index contributed by atoms with van der Waals surface area (Å²) in [6.07, 6.45) is 2.54. The van der Waals surface area contributed by atoms with Gasteiger partial charge in [0.05, 0.1) is 12.7 Å². The zero-order valence-electron chi connectivity index (χ0n) is 12.3. The molecular weight excluding hydrogens is 254 g/mol. The average molecular weight is 279 g/mol. The van der Waals surface area contributed by atoms with Crippen LogP contribution in [0.3, 0.4) is 0 Å². The molecule has 4 heteroatoms. The Balaban J connectivity index is 0.000000956. The second-order valence-electron chi connectivity index (χ2n) is 4.96. The molecule has 112 valence electrons. The molecule has 1 aromatic rings. The van der Waals surface area contributed by atoms with Crippen molar-refractivity contribution in [3.05, 3.63) is 35.9 Å². The highest BCUT2D eigenvalue weighted by molar-refractivity contribution is 5.78. The number of hydrogen-bond donors (Lipinski definition) is 2. The van der Waals surface area contributed by atoms with Crippen molar-refractivity contribution in [1.82, 2.24) is 0 Å². The molecule has 0 aliphatic heterocycles. The summed E-state index contributed by atoms with van der Waals surface area (Å²) < 4.78 is 5.79. The summed E-state index contributed by atoms with van der Waals surface area (Å²) >= 11 is 0.